The van der Waals surface area contributed by atoms with Crippen LogP contribution < -0.4 is 0 Å². The molecule has 4 aliphatic carbocycles. The first-order valence-corrected chi connectivity index (χ1v) is 12.0. The molecule has 0 spiro atoms. The van der Waals surface area contributed by atoms with Crippen LogP contribution in [0.3, 0.4) is 0 Å². The fraction of sp³-hybridized carbons (Fsp3) is 0.417. The third-order valence-electron chi connectivity index (χ3n) is 7.40. The lowest BCUT2D eigenvalue weighted by atomic mass is 9.54. The topological polar surface area (TPSA) is 33.5 Å². The van der Waals surface area contributed by atoms with Gasteiger partial charge in [0.05, 0.1) is 4.91 Å². The lowest BCUT2D eigenvalue weighted by molar-refractivity contribution is -0.130. The summed E-state index contributed by atoms with van der Waals surface area (Å²) in [6, 6.07) is 7.29. The lowest BCUT2D eigenvalue weighted by Gasteiger charge is -2.56. The van der Waals surface area contributed by atoms with Crippen LogP contribution in [0.25, 0.3) is 17.4 Å². The van der Waals surface area contributed by atoms with E-state index in [9.17, 15) is 13.6 Å². The number of amides is 1. The Labute approximate surface area is 188 Å². The van der Waals surface area contributed by atoms with Crippen molar-refractivity contribution in [2.75, 3.05) is 0 Å². The molecule has 2 heterocycles. The summed E-state index contributed by atoms with van der Waals surface area (Å²) in [5, 5.41) is 0. The molecule has 5 aliphatic rings. The van der Waals surface area contributed by atoms with Gasteiger partial charge in [-0.1, -0.05) is 24.0 Å². The summed E-state index contributed by atoms with van der Waals surface area (Å²) in [7, 11) is 0. The van der Waals surface area contributed by atoms with Crippen LogP contribution in [-0.2, 0) is 4.79 Å². The second kappa shape index (κ2) is 7.27. The molecular weight excluding hydrogens is 436 g/mol. The van der Waals surface area contributed by atoms with Gasteiger partial charge in [-0.05, 0) is 86.1 Å². The fourth-order valence-electron chi connectivity index (χ4n) is 6.42. The zero-order chi connectivity index (χ0) is 21.3. The van der Waals surface area contributed by atoms with Crippen molar-refractivity contribution in [3.05, 3.63) is 52.6 Å². The number of thioether (sulfide) groups is 1. The van der Waals surface area contributed by atoms with Gasteiger partial charge in [0.1, 0.15) is 15.8 Å². The van der Waals surface area contributed by atoms with Crippen molar-refractivity contribution in [2.24, 2.45) is 23.7 Å². The smallest absolute Gasteiger partial charge is 0.266 e. The number of nitrogens with zero attached hydrogens (tertiary/aromatic N) is 1. The van der Waals surface area contributed by atoms with Crippen LogP contribution in [0.4, 0.5) is 8.78 Å². The van der Waals surface area contributed by atoms with Crippen molar-refractivity contribution < 1.29 is 18.0 Å². The summed E-state index contributed by atoms with van der Waals surface area (Å²) in [5.74, 6) is 1.88. The van der Waals surface area contributed by atoms with Gasteiger partial charge in [-0.15, -0.1) is 0 Å². The summed E-state index contributed by atoms with van der Waals surface area (Å²) in [6.07, 6.45) is 7.98. The predicted octanol–water partition coefficient (Wildman–Crippen LogP) is 6.25. The molecule has 1 saturated heterocycles. The first-order chi connectivity index (χ1) is 15.0. The van der Waals surface area contributed by atoms with E-state index in [1.165, 1.54) is 49.9 Å². The number of carbonyl (C=O) groups is 1. The maximum Gasteiger partial charge on any atom is 0.266 e. The van der Waals surface area contributed by atoms with E-state index in [0.29, 0.717) is 38.1 Å². The van der Waals surface area contributed by atoms with Gasteiger partial charge in [0.25, 0.3) is 5.91 Å². The summed E-state index contributed by atoms with van der Waals surface area (Å²) >= 11 is 6.97. The third kappa shape index (κ3) is 3.28. The minimum absolute atomic E-state index is 0.0294. The normalized spacial score (nSPS) is 33.2. The second-order valence-electron chi connectivity index (χ2n) is 9.30. The number of thiocarbonyl (C=S) groups is 1. The van der Waals surface area contributed by atoms with E-state index in [4.69, 9.17) is 16.6 Å². The first-order valence-electron chi connectivity index (χ1n) is 10.8. The van der Waals surface area contributed by atoms with E-state index in [2.05, 4.69) is 0 Å². The maximum atomic E-state index is 13.5. The van der Waals surface area contributed by atoms with Gasteiger partial charge in [-0.25, -0.2) is 8.78 Å². The Bertz CT molecular complexity index is 1100. The summed E-state index contributed by atoms with van der Waals surface area (Å²) in [4.78, 5) is 15.8. The minimum atomic E-state index is -0.924. The van der Waals surface area contributed by atoms with E-state index in [-0.39, 0.29) is 11.9 Å². The molecule has 0 radical (unpaired) electrons. The Balaban J connectivity index is 1.25. The molecule has 0 N–H and O–H groups in total. The highest BCUT2D eigenvalue weighted by atomic mass is 32.2. The highest BCUT2D eigenvalue weighted by molar-refractivity contribution is 8.26. The average molecular weight is 458 g/mol. The zero-order valence-corrected chi connectivity index (χ0v) is 18.4. The number of hydrogen-bond donors (Lipinski definition) is 0. The van der Waals surface area contributed by atoms with Crippen molar-refractivity contribution in [2.45, 2.75) is 38.1 Å². The second-order valence-corrected chi connectivity index (χ2v) is 11.0. The summed E-state index contributed by atoms with van der Waals surface area (Å²) < 4.78 is 33.2. The summed E-state index contributed by atoms with van der Waals surface area (Å²) in [6.45, 7) is 0. The molecule has 1 aromatic heterocycles. The molecule has 7 rings (SSSR count). The van der Waals surface area contributed by atoms with E-state index >= 15 is 0 Å². The van der Waals surface area contributed by atoms with Gasteiger partial charge in [0.2, 0.25) is 0 Å². The van der Waals surface area contributed by atoms with E-state index in [1.807, 2.05) is 4.90 Å². The van der Waals surface area contributed by atoms with E-state index in [0.717, 1.165) is 24.0 Å². The van der Waals surface area contributed by atoms with E-state index in [1.54, 1.807) is 18.2 Å². The van der Waals surface area contributed by atoms with Crippen LogP contribution >= 0.6 is 24.0 Å². The molecule has 160 valence electrons. The number of rotatable bonds is 3. The van der Waals surface area contributed by atoms with Gasteiger partial charge in [0.15, 0.2) is 11.6 Å². The van der Waals surface area contributed by atoms with Crippen LogP contribution in [0.2, 0.25) is 0 Å². The molecule has 4 saturated carbocycles. The summed E-state index contributed by atoms with van der Waals surface area (Å²) in [5.41, 5.74) is 0.444. The van der Waals surface area contributed by atoms with Crippen molar-refractivity contribution in [1.82, 2.24) is 4.90 Å². The molecule has 7 heteroatoms. The van der Waals surface area contributed by atoms with Gasteiger partial charge in [-0.3, -0.25) is 9.69 Å². The third-order valence-corrected chi connectivity index (χ3v) is 8.73. The van der Waals surface area contributed by atoms with Gasteiger partial charge < -0.3 is 4.42 Å². The van der Waals surface area contributed by atoms with Gasteiger partial charge >= 0.3 is 0 Å². The molecule has 31 heavy (non-hydrogen) atoms. The monoisotopic (exact) mass is 457 g/mol. The van der Waals surface area contributed by atoms with Crippen LogP contribution in [0.15, 0.2) is 39.7 Å². The van der Waals surface area contributed by atoms with Crippen LogP contribution in [0.1, 0.15) is 37.9 Å². The molecule has 1 aliphatic heterocycles. The van der Waals surface area contributed by atoms with Crippen molar-refractivity contribution in [3.8, 4) is 11.3 Å². The number of halogens is 2. The Kier molecular flexibility index (Phi) is 4.62. The largest absolute Gasteiger partial charge is 0.457 e. The molecule has 2 aromatic rings. The van der Waals surface area contributed by atoms with Gasteiger partial charge in [0, 0.05) is 17.7 Å². The van der Waals surface area contributed by atoms with Gasteiger partial charge in [-0.2, -0.15) is 0 Å². The Morgan fingerprint density at radius 3 is 2.39 bits per heavy atom. The predicted molar refractivity (Wildman–Crippen MR) is 120 cm³/mol. The van der Waals surface area contributed by atoms with Crippen molar-refractivity contribution >= 4 is 40.3 Å². The molecule has 5 fully saturated rings. The number of furan rings is 1. The van der Waals surface area contributed by atoms with Crippen molar-refractivity contribution in [1.29, 1.82) is 0 Å². The quantitative estimate of drug-likeness (QED) is 0.403. The maximum absolute atomic E-state index is 13.5. The SMILES string of the molecule is O=C1/C(=C/c2ccc(-c3ccc(F)c(F)c3)o2)SC(=S)N1C1C2CC3CC(C2)CC1C3. The van der Waals surface area contributed by atoms with E-state index < -0.39 is 11.6 Å². The number of hydrogen-bond acceptors (Lipinski definition) is 4. The van der Waals surface area contributed by atoms with Crippen LogP contribution in [0.5, 0.6) is 0 Å². The number of carbonyl (C=O) groups excluding carboxylic acids is 1. The standard InChI is InChI=1S/C24H21F2NO2S2/c25-18-3-1-14(10-19(18)26)20-4-2-17(29-20)11-21-23(28)27(24(30)31-21)22-15-6-12-5-13(8-15)9-16(22)7-12/h1-4,10-13,15-16,22H,5-9H2/b21-11-. The minimum Gasteiger partial charge on any atom is -0.457 e. The molecular formula is C24H21F2NO2S2. The first kappa shape index (κ1) is 19.7. The fourth-order valence-corrected chi connectivity index (χ4v) is 7.74. The zero-order valence-electron chi connectivity index (χ0n) is 16.7. The Hall–Kier alpha value is -1.99. The molecule has 4 bridgehead atoms. The number of benzene rings is 1. The van der Waals surface area contributed by atoms with Crippen molar-refractivity contribution in [3.63, 3.8) is 0 Å². The highest BCUT2D eigenvalue weighted by Crippen LogP contribution is 2.56. The Morgan fingerprint density at radius 2 is 1.71 bits per heavy atom. The highest BCUT2D eigenvalue weighted by Gasteiger charge is 2.53. The Morgan fingerprint density at radius 1 is 1.00 bits per heavy atom. The lowest BCUT2D eigenvalue weighted by Crippen LogP contribution is -2.57. The van der Waals surface area contributed by atoms with Crippen LogP contribution in [-0.4, -0.2) is 21.2 Å². The molecule has 1 amide bonds. The molecule has 0 atom stereocenters. The molecule has 0 unspecified atom stereocenters. The average Bonchev–Trinajstić information content (AvgIpc) is 3.29. The molecule has 1 aromatic carbocycles. The molecule has 3 nitrogen and oxygen atoms in total. The van der Waals surface area contributed by atoms with Crippen LogP contribution in [0, 0.1) is 35.3 Å².